The lowest BCUT2D eigenvalue weighted by atomic mass is 9.94. The standard InChI is InChI=1S/C28H25FN2O/c1-3-19-9-12-20(13-10-19)26-17-24(23-6-4-5-7-25(23)30-26)28(32)31-18(2)8-11-21-16-22(29)14-15-27(21)31/h4-7,9-10,12-18H,3,8,11H2,1-2H3. The van der Waals surface area contributed by atoms with Gasteiger partial charge in [0, 0.05) is 22.7 Å². The van der Waals surface area contributed by atoms with Gasteiger partial charge in [-0.3, -0.25) is 4.79 Å². The van der Waals surface area contributed by atoms with Gasteiger partial charge in [0.2, 0.25) is 0 Å². The Hall–Kier alpha value is -3.53. The second-order valence-electron chi connectivity index (χ2n) is 8.46. The van der Waals surface area contributed by atoms with Crippen molar-refractivity contribution in [1.82, 2.24) is 4.98 Å². The van der Waals surface area contributed by atoms with Crippen LogP contribution in [-0.2, 0) is 12.8 Å². The van der Waals surface area contributed by atoms with Crippen molar-refractivity contribution < 1.29 is 9.18 Å². The molecule has 0 fully saturated rings. The molecule has 1 aromatic heterocycles. The molecule has 32 heavy (non-hydrogen) atoms. The van der Waals surface area contributed by atoms with Crippen LogP contribution in [-0.4, -0.2) is 16.9 Å². The smallest absolute Gasteiger partial charge is 0.259 e. The summed E-state index contributed by atoms with van der Waals surface area (Å²) in [5.41, 5.74) is 6.10. The zero-order valence-electron chi connectivity index (χ0n) is 18.3. The van der Waals surface area contributed by atoms with Gasteiger partial charge in [-0.25, -0.2) is 9.37 Å². The molecule has 1 aliphatic rings. The highest BCUT2D eigenvalue weighted by atomic mass is 19.1. The molecule has 1 amide bonds. The third-order valence-electron chi connectivity index (χ3n) is 6.40. The number of nitrogens with zero attached hydrogens (tertiary/aromatic N) is 2. The third kappa shape index (κ3) is 3.56. The van der Waals surface area contributed by atoms with Crippen molar-refractivity contribution in [2.75, 3.05) is 4.90 Å². The minimum atomic E-state index is -0.266. The molecule has 0 N–H and O–H groups in total. The van der Waals surface area contributed by atoms with Crippen molar-refractivity contribution >= 4 is 22.5 Å². The van der Waals surface area contributed by atoms with E-state index in [9.17, 15) is 9.18 Å². The lowest BCUT2D eigenvalue weighted by molar-refractivity contribution is 0.0976. The first-order valence-corrected chi connectivity index (χ1v) is 11.2. The first-order chi connectivity index (χ1) is 15.5. The van der Waals surface area contributed by atoms with E-state index in [1.165, 1.54) is 11.6 Å². The van der Waals surface area contributed by atoms with Crippen LogP contribution in [0.15, 0.2) is 72.8 Å². The Kier molecular flexibility index (Phi) is 5.22. The zero-order valence-corrected chi connectivity index (χ0v) is 18.3. The number of halogens is 1. The minimum Gasteiger partial charge on any atom is -0.305 e. The Morgan fingerprint density at radius 1 is 1.06 bits per heavy atom. The molecule has 0 spiro atoms. The molecule has 0 aliphatic carbocycles. The van der Waals surface area contributed by atoms with Crippen LogP contribution in [0.3, 0.4) is 0 Å². The summed E-state index contributed by atoms with van der Waals surface area (Å²) >= 11 is 0. The summed E-state index contributed by atoms with van der Waals surface area (Å²) in [5, 5.41) is 0.827. The monoisotopic (exact) mass is 424 g/mol. The third-order valence-corrected chi connectivity index (χ3v) is 6.40. The Labute approximate surface area is 187 Å². The molecule has 2 heterocycles. The van der Waals surface area contributed by atoms with Gasteiger partial charge in [-0.2, -0.15) is 0 Å². The van der Waals surface area contributed by atoms with E-state index in [4.69, 9.17) is 4.98 Å². The molecule has 4 heteroatoms. The molecule has 1 unspecified atom stereocenters. The van der Waals surface area contributed by atoms with Gasteiger partial charge in [0.25, 0.3) is 5.91 Å². The van der Waals surface area contributed by atoms with Crippen LogP contribution >= 0.6 is 0 Å². The molecule has 1 atom stereocenters. The molecule has 0 saturated carbocycles. The van der Waals surface area contributed by atoms with Crippen LogP contribution in [0.2, 0.25) is 0 Å². The maximum atomic E-state index is 14.0. The molecule has 4 aromatic rings. The van der Waals surface area contributed by atoms with Crippen LogP contribution in [0.4, 0.5) is 10.1 Å². The number of anilines is 1. The highest BCUT2D eigenvalue weighted by Gasteiger charge is 2.30. The van der Waals surface area contributed by atoms with Gasteiger partial charge in [-0.1, -0.05) is 49.4 Å². The second kappa shape index (κ2) is 8.19. The number of carbonyl (C=O) groups excluding carboxylic acids is 1. The molecule has 160 valence electrons. The van der Waals surface area contributed by atoms with E-state index in [1.807, 2.05) is 35.2 Å². The van der Waals surface area contributed by atoms with Crippen LogP contribution in [0.1, 0.15) is 41.8 Å². The molecular formula is C28H25FN2O. The van der Waals surface area contributed by atoms with E-state index in [-0.39, 0.29) is 17.8 Å². The molecule has 3 nitrogen and oxygen atoms in total. The number of aryl methyl sites for hydroxylation is 2. The van der Waals surface area contributed by atoms with Gasteiger partial charge in [0.05, 0.1) is 16.8 Å². The number of pyridine rings is 1. The summed E-state index contributed by atoms with van der Waals surface area (Å²) in [5.74, 6) is -0.340. The van der Waals surface area contributed by atoms with Crippen molar-refractivity contribution in [1.29, 1.82) is 0 Å². The summed E-state index contributed by atoms with van der Waals surface area (Å²) in [6.07, 6.45) is 2.54. The number of aromatic nitrogens is 1. The first-order valence-electron chi connectivity index (χ1n) is 11.2. The van der Waals surface area contributed by atoms with Gasteiger partial charge >= 0.3 is 0 Å². The number of hydrogen-bond acceptors (Lipinski definition) is 2. The predicted molar refractivity (Wildman–Crippen MR) is 128 cm³/mol. The first kappa shape index (κ1) is 20.4. The van der Waals surface area contributed by atoms with Crippen molar-refractivity contribution in [3.05, 3.63) is 95.3 Å². The van der Waals surface area contributed by atoms with E-state index < -0.39 is 0 Å². The van der Waals surface area contributed by atoms with Crippen molar-refractivity contribution in [3.8, 4) is 11.3 Å². The summed E-state index contributed by atoms with van der Waals surface area (Å²) < 4.78 is 13.8. The Morgan fingerprint density at radius 2 is 1.84 bits per heavy atom. The lowest BCUT2D eigenvalue weighted by Crippen LogP contribution is -2.42. The number of amides is 1. The van der Waals surface area contributed by atoms with Gasteiger partial charge in [0.15, 0.2) is 0 Å². The topological polar surface area (TPSA) is 33.2 Å². The molecule has 3 aromatic carbocycles. The fourth-order valence-corrected chi connectivity index (χ4v) is 4.57. The van der Waals surface area contributed by atoms with E-state index in [2.05, 4.69) is 38.1 Å². The highest BCUT2D eigenvalue weighted by Crippen LogP contribution is 2.34. The fourth-order valence-electron chi connectivity index (χ4n) is 4.57. The van der Waals surface area contributed by atoms with Crippen molar-refractivity contribution in [3.63, 3.8) is 0 Å². The summed E-state index contributed by atoms with van der Waals surface area (Å²) in [7, 11) is 0. The van der Waals surface area contributed by atoms with E-state index in [0.29, 0.717) is 5.56 Å². The summed E-state index contributed by atoms with van der Waals surface area (Å²) in [6.45, 7) is 4.18. The van der Waals surface area contributed by atoms with Crippen LogP contribution in [0.5, 0.6) is 0 Å². The number of hydrogen-bond donors (Lipinski definition) is 0. The number of fused-ring (bicyclic) bond motifs is 2. The Balaban J connectivity index is 1.66. The SMILES string of the molecule is CCc1ccc(-c2cc(C(=O)N3c4ccc(F)cc4CCC3C)c3ccccc3n2)cc1. The Morgan fingerprint density at radius 3 is 2.62 bits per heavy atom. The zero-order chi connectivity index (χ0) is 22.2. The highest BCUT2D eigenvalue weighted by molar-refractivity contribution is 6.15. The van der Waals surface area contributed by atoms with E-state index >= 15 is 0 Å². The average Bonchev–Trinajstić information content (AvgIpc) is 2.83. The fraction of sp³-hybridized carbons (Fsp3) is 0.214. The van der Waals surface area contributed by atoms with Gasteiger partial charge in [-0.05, 0) is 67.6 Å². The predicted octanol–water partition coefficient (Wildman–Crippen LogP) is 6.58. The summed E-state index contributed by atoms with van der Waals surface area (Å²) in [6, 6.07) is 22.7. The van der Waals surface area contributed by atoms with Crippen molar-refractivity contribution in [2.45, 2.75) is 39.2 Å². The van der Waals surface area contributed by atoms with Crippen LogP contribution in [0.25, 0.3) is 22.2 Å². The molecule has 1 aliphatic heterocycles. The number of para-hydroxylation sites is 1. The molecule has 0 bridgehead atoms. The maximum Gasteiger partial charge on any atom is 0.259 e. The van der Waals surface area contributed by atoms with E-state index in [1.54, 1.807) is 12.1 Å². The number of carbonyl (C=O) groups is 1. The van der Waals surface area contributed by atoms with Crippen LogP contribution in [0, 0.1) is 5.82 Å². The molecule has 5 rings (SSSR count). The van der Waals surface area contributed by atoms with Crippen molar-refractivity contribution in [2.24, 2.45) is 0 Å². The molecular weight excluding hydrogens is 399 g/mol. The quantitative estimate of drug-likeness (QED) is 0.372. The van der Waals surface area contributed by atoms with Crippen LogP contribution < -0.4 is 4.90 Å². The minimum absolute atomic E-state index is 0.0275. The van der Waals surface area contributed by atoms with Gasteiger partial charge in [-0.15, -0.1) is 0 Å². The Bertz CT molecular complexity index is 1310. The lowest BCUT2D eigenvalue weighted by Gasteiger charge is -2.35. The van der Waals surface area contributed by atoms with Gasteiger partial charge in [0.1, 0.15) is 5.82 Å². The normalized spacial score (nSPS) is 15.6. The second-order valence-corrected chi connectivity index (χ2v) is 8.46. The maximum absolute atomic E-state index is 14.0. The van der Waals surface area contributed by atoms with E-state index in [0.717, 1.165) is 52.7 Å². The molecule has 0 radical (unpaired) electrons. The van der Waals surface area contributed by atoms with Gasteiger partial charge < -0.3 is 4.90 Å². The number of benzene rings is 3. The average molecular weight is 425 g/mol. The summed E-state index contributed by atoms with van der Waals surface area (Å²) in [4.78, 5) is 20.6. The largest absolute Gasteiger partial charge is 0.305 e. The molecule has 0 saturated heterocycles. The number of rotatable bonds is 3.